The first-order valence-corrected chi connectivity index (χ1v) is 10.3. The molecule has 1 heterocycles. The highest BCUT2D eigenvalue weighted by atomic mass is 16.6. The molecule has 8 heteroatoms. The molecule has 166 valence electrons. The lowest BCUT2D eigenvalue weighted by atomic mass is 9.94. The molecule has 2 amide bonds. The normalized spacial score (nSPS) is 19.0. The largest absolute Gasteiger partial charge is 0.466 e. The molecule has 1 saturated heterocycles. The Kier molecular flexibility index (Phi) is 8.50. The molecule has 1 aromatic rings. The molecular formula is C22H32N2O6. The van der Waals surface area contributed by atoms with Crippen LogP contribution in [0.15, 0.2) is 30.3 Å². The molecule has 1 aromatic carbocycles. The van der Waals surface area contributed by atoms with Crippen LogP contribution in [0.25, 0.3) is 0 Å². The summed E-state index contributed by atoms with van der Waals surface area (Å²) in [6.07, 6.45) is 0.144. The fourth-order valence-corrected chi connectivity index (χ4v) is 3.36. The van der Waals surface area contributed by atoms with E-state index in [4.69, 9.17) is 14.2 Å². The minimum Gasteiger partial charge on any atom is -0.466 e. The molecule has 2 rings (SSSR count). The van der Waals surface area contributed by atoms with Crippen molar-refractivity contribution in [2.45, 2.75) is 71.2 Å². The number of piperidine rings is 1. The summed E-state index contributed by atoms with van der Waals surface area (Å²) in [5.74, 6) is -0.429. The van der Waals surface area contributed by atoms with Gasteiger partial charge in [-0.15, -0.1) is 0 Å². The van der Waals surface area contributed by atoms with Crippen molar-refractivity contribution in [3.05, 3.63) is 35.9 Å². The number of hydrogen-bond acceptors (Lipinski definition) is 6. The van der Waals surface area contributed by atoms with Crippen LogP contribution in [0.4, 0.5) is 9.59 Å². The van der Waals surface area contributed by atoms with Gasteiger partial charge in [-0.2, -0.15) is 0 Å². The fraction of sp³-hybridized carbons (Fsp3) is 0.591. The molecule has 0 saturated carbocycles. The van der Waals surface area contributed by atoms with Crippen molar-refractivity contribution in [3.8, 4) is 0 Å². The first-order valence-electron chi connectivity index (χ1n) is 10.3. The van der Waals surface area contributed by atoms with Gasteiger partial charge < -0.3 is 24.4 Å². The Labute approximate surface area is 177 Å². The van der Waals surface area contributed by atoms with Crippen LogP contribution >= 0.6 is 0 Å². The second-order valence-corrected chi connectivity index (χ2v) is 8.21. The number of rotatable bonds is 6. The summed E-state index contributed by atoms with van der Waals surface area (Å²) in [5, 5.41) is 2.81. The number of likely N-dealkylation sites (tertiary alicyclic amines) is 1. The van der Waals surface area contributed by atoms with Crippen molar-refractivity contribution < 1.29 is 28.6 Å². The van der Waals surface area contributed by atoms with Crippen molar-refractivity contribution in [1.29, 1.82) is 0 Å². The molecule has 1 aliphatic rings. The van der Waals surface area contributed by atoms with Crippen molar-refractivity contribution in [3.63, 3.8) is 0 Å². The number of alkyl carbamates (subject to hydrolysis) is 1. The number of carbonyl (C=O) groups excluding carboxylic acids is 3. The van der Waals surface area contributed by atoms with Gasteiger partial charge in [0, 0.05) is 6.54 Å². The predicted octanol–water partition coefficient (Wildman–Crippen LogP) is 3.63. The second-order valence-electron chi connectivity index (χ2n) is 8.21. The van der Waals surface area contributed by atoms with Gasteiger partial charge in [-0.25, -0.2) is 9.59 Å². The molecule has 0 bridgehead atoms. The number of esters is 1. The summed E-state index contributed by atoms with van der Waals surface area (Å²) in [7, 11) is 0. The van der Waals surface area contributed by atoms with Gasteiger partial charge >= 0.3 is 18.2 Å². The molecule has 30 heavy (non-hydrogen) atoms. The monoisotopic (exact) mass is 420 g/mol. The smallest absolute Gasteiger partial charge is 0.410 e. The van der Waals surface area contributed by atoms with E-state index >= 15 is 0 Å². The molecule has 1 N–H and O–H groups in total. The van der Waals surface area contributed by atoms with E-state index in [-0.39, 0.29) is 19.6 Å². The average molecular weight is 421 g/mol. The van der Waals surface area contributed by atoms with E-state index < -0.39 is 35.8 Å². The first kappa shape index (κ1) is 23.5. The maximum atomic E-state index is 12.8. The number of hydrogen-bond donors (Lipinski definition) is 1. The van der Waals surface area contributed by atoms with Gasteiger partial charge in [-0.1, -0.05) is 30.3 Å². The van der Waals surface area contributed by atoms with E-state index in [9.17, 15) is 14.4 Å². The Morgan fingerprint density at radius 3 is 2.47 bits per heavy atom. The third-order valence-electron chi connectivity index (χ3n) is 4.60. The lowest BCUT2D eigenvalue weighted by molar-refractivity contribution is -0.145. The van der Waals surface area contributed by atoms with Gasteiger partial charge in [0.15, 0.2) is 0 Å². The molecule has 0 radical (unpaired) electrons. The Hall–Kier alpha value is -2.77. The molecule has 1 fully saturated rings. The third kappa shape index (κ3) is 7.57. The molecular weight excluding hydrogens is 388 g/mol. The van der Waals surface area contributed by atoms with Crippen LogP contribution in [0.5, 0.6) is 0 Å². The zero-order chi connectivity index (χ0) is 22.1. The Morgan fingerprint density at radius 1 is 1.13 bits per heavy atom. The highest BCUT2D eigenvalue weighted by molar-refractivity contribution is 5.74. The third-order valence-corrected chi connectivity index (χ3v) is 4.60. The highest BCUT2D eigenvalue weighted by Crippen LogP contribution is 2.23. The maximum Gasteiger partial charge on any atom is 0.410 e. The van der Waals surface area contributed by atoms with Crippen LogP contribution in [0.1, 0.15) is 52.5 Å². The van der Waals surface area contributed by atoms with Crippen LogP contribution in [-0.4, -0.2) is 53.9 Å². The minimum atomic E-state index is -0.649. The van der Waals surface area contributed by atoms with Gasteiger partial charge in [0.1, 0.15) is 12.2 Å². The van der Waals surface area contributed by atoms with E-state index in [0.29, 0.717) is 19.4 Å². The SMILES string of the molecule is CCOC(=O)CC1C(NC(=O)OC(C)(C)C)CCCN1C(=O)OCc1ccccc1. The van der Waals surface area contributed by atoms with E-state index in [1.807, 2.05) is 30.3 Å². The van der Waals surface area contributed by atoms with Crippen molar-refractivity contribution in [1.82, 2.24) is 10.2 Å². The average Bonchev–Trinajstić information content (AvgIpc) is 2.67. The molecule has 8 nitrogen and oxygen atoms in total. The Morgan fingerprint density at radius 2 is 1.83 bits per heavy atom. The van der Waals surface area contributed by atoms with E-state index in [1.165, 1.54) is 4.90 Å². The van der Waals surface area contributed by atoms with Gasteiger partial charge in [0.25, 0.3) is 0 Å². The molecule has 1 aliphatic heterocycles. The summed E-state index contributed by atoms with van der Waals surface area (Å²) in [5.41, 5.74) is 0.220. The zero-order valence-corrected chi connectivity index (χ0v) is 18.2. The van der Waals surface area contributed by atoms with E-state index in [1.54, 1.807) is 27.7 Å². The van der Waals surface area contributed by atoms with Gasteiger partial charge in [0.05, 0.1) is 25.1 Å². The number of nitrogens with zero attached hydrogens (tertiary/aromatic N) is 1. The maximum absolute atomic E-state index is 12.8. The van der Waals surface area contributed by atoms with E-state index in [0.717, 1.165) is 5.56 Å². The van der Waals surface area contributed by atoms with Gasteiger partial charge in [-0.3, -0.25) is 4.79 Å². The van der Waals surface area contributed by atoms with Gasteiger partial charge in [0.2, 0.25) is 0 Å². The number of nitrogens with one attached hydrogen (secondary N) is 1. The van der Waals surface area contributed by atoms with E-state index in [2.05, 4.69) is 5.32 Å². The standard InChI is InChI=1S/C22H32N2O6/c1-5-28-19(25)14-18-17(23-20(26)30-22(2,3)4)12-9-13-24(18)21(27)29-15-16-10-7-6-8-11-16/h6-8,10-11,17-18H,5,9,12-15H2,1-4H3,(H,23,26). The molecule has 0 aliphatic carbocycles. The van der Waals surface area contributed by atoms with Crippen LogP contribution in [0.2, 0.25) is 0 Å². The first-order chi connectivity index (χ1) is 14.2. The topological polar surface area (TPSA) is 94.2 Å². The second kappa shape index (κ2) is 10.8. The molecule has 0 spiro atoms. The lowest BCUT2D eigenvalue weighted by Crippen LogP contribution is -2.58. The van der Waals surface area contributed by atoms with Crippen LogP contribution in [0.3, 0.4) is 0 Å². The van der Waals surface area contributed by atoms with Crippen molar-refractivity contribution in [2.24, 2.45) is 0 Å². The lowest BCUT2D eigenvalue weighted by Gasteiger charge is -2.40. The number of carbonyl (C=O) groups is 3. The van der Waals surface area contributed by atoms with Gasteiger partial charge in [-0.05, 0) is 46.1 Å². The van der Waals surface area contributed by atoms with Crippen LogP contribution < -0.4 is 5.32 Å². The summed E-state index contributed by atoms with van der Waals surface area (Å²) < 4.78 is 15.9. The Bertz CT molecular complexity index is 716. The highest BCUT2D eigenvalue weighted by Gasteiger charge is 2.38. The summed E-state index contributed by atoms with van der Waals surface area (Å²) in [6, 6.07) is 8.34. The summed E-state index contributed by atoms with van der Waals surface area (Å²) in [6.45, 7) is 7.86. The minimum absolute atomic E-state index is 0.0330. The Balaban J connectivity index is 2.09. The molecule has 2 atom stereocenters. The molecule has 0 aromatic heterocycles. The number of ether oxygens (including phenoxy) is 3. The predicted molar refractivity (Wildman–Crippen MR) is 111 cm³/mol. The van der Waals surface area contributed by atoms with Crippen molar-refractivity contribution >= 4 is 18.2 Å². The van der Waals surface area contributed by atoms with Crippen LogP contribution in [-0.2, 0) is 25.6 Å². The molecule has 2 unspecified atom stereocenters. The number of amides is 2. The summed E-state index contributed by atoms with van der Waals surface area (Å²) in [4.78, 5) is 38.8. The number of benzene rings is 1. The fourth-order valence-electron chi connectivity index (χ4n) is 3.36. The van der Waals surface area contributed by atoms with Crippen LogP contribution in [0, 0.1) is 0 Å². The summed E-state index contributed by atoms with van der Waals surface area (Å²) >= 11 is 0. The van der Waals surface area contributed by atoms with Crippen molar-refractivity contribution in [2.75, 3.05) is 13.2 Å². The quantitative estimate of drug-likeness (QED) is 0.558. The zero-order valence-electron chi connectivity index (χ0n) is 18.2.